The van der Waals surface area contributed by atoms with Crippen LogP contribution in [-0.2, 0) is 25.9 Å². The van der Waals surface area contributed by atoms with Crippen LogP contribution in [-0.4, -0.2) is 43.5 Å². The van der Waals surface area contributed by atoms with Gasteiger partial charge in [-0.05, 0) is 52.5 Å². The molecule has 3 aliphatic rings. The minimum absolute atomic E-state index is 0.285. The fraction of sp³-hybridized carbons (Fsp3) is 0.318. The molecule has 6 nitrogen and oxygen atoms in total. The Kier molecular flexibility index (Phi) is 4.85. The number of carbonyl (C=O) groups excluding carboxylic acids is 1. The third-order valence-electron chi connectivity index (χ3n) is 6.00. The first-order chi connectivity index (χ1) is 14.4. The Morgan fingerprint density at radius 1 is 1.17 bits per heavy atom. The highest BCUT2D eigenvalue weighted by molar-refractivity contribution is 9.10. The van der Waals surface area contributed by atoms with Crippen LogP contribution in [0.25, 0.3) is 0 Å². The molecule has 0 radical (unpaired) electrons. The number of nitrogens with one attached hydrogen (secondary N) is 1. The number of rotatable bonds is 4. The van der Waals surface area contributed by atoms with Gasteiger partial charge in [-0.3, -0.25) is 0 Å². The number of esters is 1. The number of hydrogen-bond acceptors (Lipinski definition) is 5. The molecule has 1 spiro atoms. The van der Waals surface area contributed by atoms with E-state index in [-0.39, 0.29) is 6.10 Å². The zero-order chi connectivity index (χ0) is 20.9. The quantitative estimate of drug-likeness (QED) is 0.527. The van der Waals surface area contributed by atoms with Crippen molar-refractivity contribution in [2.45, 2.75) is 41.9 Å². The summed E-state index contributed by atoms with van der Waals surface area (Å²) in [5, 5.41) is -0.788. The van der Waals surface area contributed by atoms with E-state index in [4.69, 9.17) is 9.47 Å². The van der Waals surface area contributed by atoms with Gasteiger partial charge in [0.1, 0.15) is 10.9 Å². The zero-order valence-electron chi connectivity index (χ0n) is 15.9. The number of sulfonamides is 1. The molecule has 0 saturated carbocycles. The molecule has 2 aromatic carbocycles. The van der Waals surface area contributed by atoms with Gasteiger partial charge < -0.3 is 9.47 Å². The van der Waals surface area contributed by atoms with Crippen LogP contribution in [0.4, 0.5) is 0 Å². The van der Waals surface area contributed by atoms with Crippen LogP contribution in [0, 0.1) is 0 Å². The summed E-state index contributed by atoms with van der Waals surface area (Å²) in [6, 6.07) is 15.9. The number of carbonyl (C=O) groups is 1. The second-order valence-electron chi connectivity index (χ2n) is 7.86. The minimum Gasteiger partial charge on any atom is -0.454 e. The van der Waals surface area contributed by atoms with E-state index in [1.54, 1.807) is 24.3 Å². The molecule has 8 heteroatoms. The smallest absolute Gasteiger partial charge is 0.339 e. The van der Waals surface area contributed by atoms with E-state index in [2.05, 4.69) is 20.7 Å². The zero-order valence-corrected chi connectivity index (χ0v) is 18.3. The second kappa shape index (κ2) is 7.30. The largest absolute Gasteiger partial charge is 0.454 e. The third-order valence-corrected chi connectivity index (χ3v) is 8.64. The summed E-state index contributed by atoms with van der Waals surface area (Å²) in [5.74, 6) is -0.521. The summed E-state index contributed by atoms with van der Waals surface area (Å²) < 4.78 is 41.6. The lowest BCUT2D eigenvalue weighted by Gasteiger charge is -2.45. The first-order valence-corrected chi connectivity index (χ1v) is 12.1. The number of ether oxygens (including phenoxy) is 2. The normalized spacial score (nSPS) is 33.2. The van der Waals surface area contributed by atoms with Crippen molar-refractivity contribution in [3.8, 4) is 0 Å². The van der Waals surface area contributed by atoms with E-state index in [1.807, 2.05) is 42.5 Å². The van der Waals surface area contributed by atoms with Gasteiger partial charge in [-0.15, -0.1) is 0 Å². The molecule has 156 valence electrons. The van der Waals surface area contributed by atoms with Crippen LogP contribution in [0.2, 0.25) is 0 Å². The molecular weight excluding hydrogens is 470 g/mol. The van der Waals surface area contributed by atoms with Crippen molar-refractivity contribution in [1.82, 2.24) is 4.72 Å². The second-order valence-corrected chi connectivity index (χ2v) is 10.6. The highest BCUT2D eigenvalue weighted by atomic mass is 79.9. The molecule has 3 aliphatic heterocycles. The fourth-order valence-electron chi connectivity index (χ4n) is 4.68. The maximum absolute atomic E-state index is 13.0. The van der Waals surface area contributed by atoms with Gasteiger partial charge >= 0.3 is 5.97 Å². The van der Waals surface area contributed by atoms with Gasteiger partial charge in [0, 0.05) is 4.47 Å². The van der Waals surface area contributed by atoms with Gasteiger partial charge in [0.15, 0.2) is 6.10 Å². The van der Waals surface area contributed by atoms with Crippen molar-refractivity contribution in [3.63, 3.8) is 0 Å². The highest BCUT2D eigenvalue weighted by Gasteiger charge is 2.66. The Morgan fingerprint density at radius 3 is 2.63 bits per heavy atom. The lowest BCUT2D eigenvalue weighted by atomic mass is 9.83. The topological polar surface area (TPSA) is 81.7 Å². The number of halogens is 1. The summed E-state index contributed by atoms with van der Waals surface area (Å²) in [5.41, 5.74) is 0.151. The Hall–Kier alpha value is -2.00. The van der Waals surface area contributed by atoms with Crippen LogP contribution in [0.15, 0.2) is 71.2 Å². The van der Waals surface area contributed by atoms with Crippen molar-refractivity contribution in [1.29, 1.82) is 0 Å². The maximum atomic E-state index is 13.0. The molecule has 2 fully saturated rings. The van der Waals surface area contributed by atoms with Gasteiger partial charge in [-0.25, -0.2) is 17.9 Å². The van der Waals surface area contributed by atoms with Crippen LogP contribution < -0.4 is 4.72 Å². The molecule has 0 aliphatic carbocycles. The highest BCUT2D eigenvalue weighted by Crippen LogP contribution is 2.48. The van der Waals surface area contributed by atoms with Gasteiger partial charge in [0.2, 0.25) is 10.0 Å². The average molecular weight is 490 g/mol. The fourth-order valence-corrected chi connectivity index (χ4v) is 7.12. The molecule has 0 amide bonds. The summed E-state index contributed by atoms with van der Waals surface area (Å²) in [4.78, 5) is 13.0. The molecule has 30 heavy (non-hydrogen) atoms. The molecule has 2 aromatic rings. The molecule has 0 aromatic heterocycles. The lowest BCUT2D eigenvalue weighted by Crippen LogP contribution is -2.68. The standard InChI is InChI=1S/C22H20BrNO5S/c23-17-9-5-4-8-16(17)21(25)28-20-18(12-14-6-2-1-3-7-14)24-30(26,27)19-13-15-10-11-22(19,20)29-15/h1-11,15,18-20,24H,12-13H2/t15-,18-,19-,20-,22+/m0/s1. The van der Waals surface area contributed by atoms with Gasteiger partial charge in [0.25, 0.3) is 0 Å². The molecule has 0 unspecified atom stereocenters. The van der Waals surface area contributed by atoms with E-state index in [1.165, 1.54) is 0 Å². The molecule has 5 atom stereocenters. The predicted molar refractivity (Wildman–Crippen MR) is 114 cm³/mol. The van der Waals surface area contributed by atoms with E-state index >= 15 is 0 Å². The molecule has 1 N–H and O–H groups in total. The molecular formula is C22H20BrNO5S. The van der Waals surface area contributed by atoms with Crippen molar-refractivity contribution >= 4 is 31.9 Å². The van der Waals surface area contributed by atoms with Gasteiger partial charge in [-0.1, -0.05) is 48.5 Å². The van der Waals surface area contributed by atoms with Crippen LogP contribution >= 0.6 is 15.9 Å². The van der Waals surface area contributed by atoms with E-state index < -0.39 is 39.0 Å². The molecule has 3 heterocycles. The molecule has 2 bridgehead atoms. The van der Waals surface area contributed by atoms with Crippen molar-refractivity contribution in [2.24, 2.45) is 0 Å². The van der Waals surface area contributed by atoms with E-state index in [9.17, 15) is 13.2 Å². The summed E-state index contributed by atoms with van der Waals surface area (Å²) in [7, 11) is -3.64. The molecule has 5 rings (SSSR count). The lowest BCUT2D eigenvalue weighted by molar-refractivity contribution is -0.0867. The van der Waals surface area contributed by atoms with Crippen LogP contribution in [0.3, 0.4) is 0 Å². The number of fused-ring (bicyclic) bond motifs is 1. The van der Waals surface area contributed by atoms with Crippen LogP contribution in [0.1, 0.15) is 22.3 Å². The van der Waals surface area contributed by atoms with Crippen molar-refractivity contribution in [3.05, 3.63) is 82.3 Å². The minimum atomic E-state index is -3.64. The first-order valence-electron chi connectivity index (χ1n) is 9.77. The summed E-state index contributed by atoms with van der Waals surface area (Å²) in [6.07, 6.45) is 3.30. The Balaban J connectivity index is 1.54. The van der Waals surface area contributed by atoms with E-state index in [0.29, 0.717) is 22.9 Å². The summed E-state index contributed by atoms with van der Waals surface area (Å²) >= 11 is 3.39. The third kappa shape index (κ3) is 3.22. The Morgan fingerprint density at radius 2 is 1.90 bits per heavy atom. The Bertz CT molecular complexity index is 1120. The monoisotopic (exact) mass is 489 g/mol. The average Bonchev–Trinajstić information content (AvgIpc) is 3.32. The van der Waals surface area contributed by atoms with Gasteiger partial charge in [-0.2, -0.15) is 0 Å². The number of benzene rings is 2. The summed E-state index contributed by atoms with van der Waals surface area (Å²) in [6.45, 7) is 0. The maximum Gasteiger partial charge on any atom is 0.339 e. The molecule has 2 saturated heterocycles. The van der Waals surface area contributed by atoms with Gasteiger partial charge in [0.05, 0.1) is 17.7 Å². The van der Waals surface area contributed by atoms with E-state index in [0.717, 1.165) is 5.56 Å². The SMILES string of the molecule is O=C(O[C@H]1[C@H](Cc2ccccc2)NS(=O)(=O)[C@H]2C[C@@H]3C=C[C@]12O3)c1ccccc1Br. The Labute approximate surface area is 183 Å². The number of hydrogen-bond donors (Lipinski definition) is 1. The van der Waals surface area contributed by atoms with Crippen molar-refractivity contribution < 1.29 is 22.7 Å². The predicted octanol–water partition coefficient (Wildman–Crippen LogP) is 2.98. The first kappa shape index (κ1) is 19.9. The van der Waals surface area contributed by atoms with Crippen molar-refractivity contribution in [2.75, 3.05) is 0 Å². The van der Waals surface area contributed by atoms with Crippen LogP contribution in [0.5, 0.6) is 0 Å².